The average Bonchev–Trinajstić information content (AvgIpc) is 2.39. The van der Waals surface area contributed by atoms with E-state index in [-0.39, 0.29) is 12.8 Å². The minimum atomic E-state index is -0.404. The van der Waals surface area contributed by atoms with Crippen LogP contribution in [0, 0.1) is 0 Å². The van der Waals surface area contributed by atoms with Crippen LogP contribution in [-0.2, 0) is 22.7 Å². The maximum absolute atomic E-state index is 10.4. The van der Waals surface area contributed by atoms with Crippen molar-refractivity contribution in [1.82, 2.24) is 0 Å². The van der Waals surface area contributed by atoms with Crippen LogP contribution in [0.5, 0.6) is 0 Å². The van der Waals surface area contributed by atoms with E-state index in [9.17, 15) is 9.59 Å². The molecule has 0 unspecified atom stereocenters. The van der Waals surface area contributed by atoms with Gasteiger partial charge in [0.2, 0.25) is 0 Å². The van der Waals surface area contributed by atoms with Crippen LogP contribution < -0.4 is 0 Å². The van der Waals surface area contributed by atoms with E-state index in [2.05, 4.69) is 33.6 Å². The molecule has 0 fully saturated rings. The van der Waals surface area contributed by atoms with Crippen molar-refractivity contribution in [3.8, 4) is 0 Å². The third kappa shape index (κ3) is 18.3. The lowest BCUT2D eigenvalue weighted by molar-refractivity contribution is -0.135. The van der Waals surface area contributed by atoms with E-state index in [1.807, 2.05) is 0 Å². The van der Waals surface area contributed by atoms with E-state index < -0.39 is 11.9 Å². The van der Waals surface area contributed by atoms with Crippen molar-refractivity contribution in [2.45, 2.75) is 26.7 Å². The van der Waals surface area contributed by atoms with Crippen molar-refractivity contribution in [3.63, 3.8) is 0 Å². The summed E-state index contributed by atoms with van der Waals surface area (Å²) in [4.78, 5) is 20.9. The number of thiol groups is 2. The second-order valence-corrected chi connectivity index (χ2v) is 4.11. The first-order valence-electron chi connectivity index (χ1n) is 5.48. The third-order valence-electron chi connectivity index (χ3n) is 1.30. The summed E-state index contributed by atoms with van der Waals surface area (Å²) in [6.07, 6.45) is 0.549. The molecule has 0 saturated heterocycles. The van der Waals surface area contributed by atoms with E-state index in [0.29, 0.717) is 12.3 Å². The van der Waals surface area contributed by atoms with E-state index in [1.54, 1.807) is 13.8 Å². The number of rotatable bonds is 8. The van der Waals surface area contributed by atoms with E-state index in [1.165, 1.54) is 0 Å². The van der Waals surface area contributed by atoms with Gasteiger partial charge in [0.1, 0.15) is 0 Å². The summed E-state index contributed by atoms with van der Waals surface area (Å²) in [5, 5.41) is 0. The molecule has 0 bridgehead atoms. The Hall–Kier alpha value is -0.0500. The van der Waals surface area contributed by atoms with Gasteiger partial charge in [-0.25, -0.2) is 0 Å². The third-order valence-corrected chi connectivity index (χ3v) is 2.18. The lowest BCUT2D eigenvalue weighted by Crippen LogP contribution is -2.00. The lowest BCUT2D eigenvalue weighted by Gasteiger charge is -1.98. The first kappa shape index (κ1) is 20.3. The van der Waals surface area contributed by atoms with Crippen molar-refractivity contribution in [2.75, 3.05) is 24.7 Å². The largest absolute Gasteiger partial charge is 0.380 e. The van der Waals surface area contributed by atoms with Gasteiger partial charge in [0, 0.05) is 24.3 Å². The monoisotopic (exact) mass is 316 g/mol. The SMILES string of the molecule is CCC(=O)OSOC(=O)CC.SCCOCCS. The van der Waals surface area contributed by atoms with Crippen molar-refractivity contribution in [2.24, 2.45) is 0 Å². The molecule has 0 spiro atoms. The Kier molecular flexibility index (Phi) is 19.1. The maximum atomic E-state index is 10.4. The molecule has 0 saturated carbocycles. The molecule has 0 atom stereocenters. The molecule has 0 heterocycles. The van der Waals surface area contributed by atoms with Crippen LogP contribution in [0.15, 0.2) is 0 Å². The Labute approximate surface area is 124 Å². The maximum Gasteiger partial charge on any atom is 0.320 e. The molecular formula is C10H20O5S3. The topological polar surface area (TPSA) is 61.8 Å². The van der Waals surface area contributed by atoms with Gasteiger partial charge in [0.05, 0.1) is 13.2 Å². The molecule has 0 aromatic carbocycles. The highest BCUT2D eigenvalue weighted by Crippen LogP contribution is 2.07. The summed E-state index contributed by atoms with van der Waals surface area (Å²) >= 11 is 8.31. The van der Waals surface area contributed by atoms with Crippen LogP contribution in [0.1, 0.15) is 26.7 Å². The number of ether oxygens (including phenoxy) is 1. The Bertz CT molecular complexity index is 194. The zero-order valence-corrected chi connectivity index (χ0v) is 13.2. The van der Waals surface area contributed by atoms with E-state index in [4.69, 9.17) is 4.74 Å². The Morgan fingerprint density at radius 2 is 1.33 bits per heavy atom. The molecular weight excluding hydrogens is 296 g/mol. The summed E-state index contributed by atoms with van der Waals surface area (Å²) < 4.78 is 13.8. The van der Waals surface area contributed by atoms with Gasteiger partial charge in [0.15, 0.2) is 0 Å². The van der Waals surface area contributed by atoms with Gasteiger partial charge in [-0.2, -0.15) is 25.3 Å². The summed E-state index contributed by atoms with van der Waals surface area (Å²) in [5.74, 6) is 0.791. The first-order chi connectivity index (χ1) is 8.62. The Morgan fingerprint density at radius 1 is 0.944 bits per heavy atom. The standard InChI is InChI=1S/C6H10O4S.C4H10OS2/c1-3-5(7)9-11-10-6(8)4-2;6-3-1-5-2-4-7/h3-4H2,1-2H3;6-7H,1-4H2. The highest BCUT2D eigenvalue weighted by Gasteiger charge is 2.03. The molecule has 0 rings (SSSR count). The molecule has 0 aromatic heterocycles. The van der Waals surface area contributed by atoms with Crippen LogP contribution in [0.3, 0.4) is 0 Å². The lowest BCUT2D eigenvalue weighted by atomic mass is 10.5. The first-order valence-corrected chi connectivity index (χ1v) is 7.41. The number of hydrogen-bond donors (Lipinski definition) is 2. The minimum Gasteiger partial charge on any atom is -0.380 e. The molecule has 0 aliphatic carbocycles. The molecule has 0 aromatic rings. The zero-order chi connectivity index (χ0) is 14.2. The molecule has 108 valence electrons. The van der Waals surface area contributed by atoms with Gasteiger partial charge in [0.25, 0.3) is 12.3 Å². The molecule has 8 heteroatoms. The Balaban J connectivity index is 0. The number of carbonyl (C=O) groups excluding carboxylic acids is 2. The quantitative estimate of drug-likeness (QED) is 0.407. The fourth-order valence-corrected chi connectivity index (χ4v) is 1.12. The van der Waals surface area contributed by atoms with Gasteiger partial charge in [-0.15, -0.1) is 0 Å². The Morgan fingerprint density at radius 3 is 1.61 bits per heavy atom. The van der Waals surface area contributed by atoms with Gasteiger partial charge in [-0.05, 0) is 0 Å². The highest BCUT2D eigenvalue weighted by atomic mass is 32.2. The van der Waals surface area contributed by atoms with Gasteiger partial charge >= 0.3 is 11.9 Å². The van der Waals surface area contributed by atoms with Crippen LogP contribution in [0.25, 0.3) is 0 Å². The van der Waals surface area contributed by atoms with Crippen LogP contribution in [0.2, 0.25) is 0 Å². The molecule has 0 N–H and O–H groups in total. The second kappa shape index (κ2) is 16.9. The summed E-state index contributed by atoms with van der Waals surface area (Å²) in [6, 6.07) is 0. The van der Waals surface area contributed by atoms with Gasteiger partial charge in [-0.1, -0.05) is 13.8 Å². The predicted octanol–water partition coefficient (Wildman–Crippen LogP) is 2.32. The molecule has 5 nitrogen and oxygen atoms in total. The fraction of sp³-hybridized carbons (Fsp3) is 0.800. The van der Waals surface area contributed by atoms with Crippen LogP contribution in [0.4, 0.5) is 0 Å². The average molecular weight is 316 g/mol. The molecule has 0 radical (unpaired) electrons. The summed E-state index contributed by atoms with van der Waals surface area (Å²) in [6.45, 7) is 4.79. The normalized spacial score (nSPS) is 9.11. The van der Waals surface area contributed by atoms with E-state index in [0.717, 1.165) is 24.7 Å². The predicted molar refractivity (Wildman–Crippen MR) is 78.9 cm³/mol. The number of hydrogen-bond acceptors (Lipinski definition) is 8. The summed E-state index contributed by atoms with van der Waals surface area (Å²) in [7, 11) is 0. The minimum absolute atomic E-state index is 0.274. The van der Waals surface area contributed by atoms with Gasteiger partial charge < -0.3 is 13.1 Å². The number of carbonyl (C=O) groups is 2. The highest BCUT2D eigenvalue weighted by molar-refractivity contribution is 7.90. The van der Waals surface area contributed by atoms with Crippen LogP contribution >= 0.6 is 37.6 Å². The molecule has 0 amide bonds. The fourth-order valence-electron chi connectivity index (χ4n) is 0.442. The smallest absolute Gasteiger partial charge is 0.320 e. The second-order valence-electron chi connectivity index (χ2n) is 2.75. The van der Waals surface area contributed by atoms with Crippen LogP contribution in [-0.4, -0.2) is 36.7 Å². The molecule has 18 heavy (non-hydrogen) atoms. The van der Waals surface area contributed by atoms with Gasteiger partial charge in [-0.3, -0.25) is 9.59 Å². The van der Waals surface area contributed by atoms with E-state index >= 15 is 0 Å². The van der Waals surface area contributed by atoms with Crippen molar-refractivity contribution < 1.29 is 22.7 Å². The molecule has 0 aliphatic rings. The van der Waals surface area contributed by atoms with Crippen molar-refractivity contribution in [1.29, 1.82) is 0 Å². The van der Waals surface area contributed by atoms with Crippen molar-refractivity contribution >= 4 is 49.5 Å². The molecule has 0 aliphatic heterocycles. The summed E-state index contributed by atoms with van der Waals surface area (Å²) in [5.41, 5.74) is 0. The van der Waals surface area contributed by atoms with Crippen molar-refractivity contribution in [3.05, 3.63) is 0 Å². The zero-order valence-electron chi connectivity index (χ0n) is 10.6.